The number of nitrogens with zero attached hydrogens (tertiary/aromatic N) is 5. The molecule has 5 rings (SSSR count). The summed E-state index contributed by atoms with van der Waals surface area (Å²) >= 11 is 0. The Hall–Kier alpha value is -4.01. The van der Waals surface area contributed by atoms with E-state index in [0.717, 1.165) is 17.2 Å². The lowest BCUT2D eigenvalue weighted by molar-refractivity contribution is -0.127. The van der Waals surface area contributed by atoms with Crippen LogP contribution in [0.1, 0.15) is 13.3 Å². The molecule has 1 fully saturated rings. The third-order valence-corrected chi connectivity index (χ3v) is 5.92. The first-order chi connectivity index (χ1) is 15.5. The molecule has 2 aliphatic rings. The number of carbonyl (C=O) groups is 2. The molecular weight excluding hydrogens is 408 g/mol. The number of carbonyl (C=O) groups excluding carboxylic acids is 2. The number of guanidine groups is 1. The minimum Gasteiger partial charge on any atom is -0.507 e. The van der Waals surface area contributed by atoms with Gasteiger partial charge >= 0.3 is 6.03 Å². The molecule has 9 heteroatoms. The number of hydrogen-bond donors (Lipinski definition) is 2. The smallest absolute Gasteiger partial charge is 0.325 e. The quantitative estimate of drug-likeness (QED) is 0.487. The molecule has 2 heterocycles. The lowest BCUT2D eigenvalue weighted by Crippen LogP contribution is -2.63. The molecule has 0 aromatic heterocycles. The third kappa shape index (κ3) is 2.96. The van der Waals surface area contributed by atoms with Crippen molar-refractivity contribution in [3.63, 3.8) is 0 Å². The van der Waals surface area contributed by atoms with Crippen molar-refractivity contribution < 1.29 is 14.7 Å². The van der Waals surface area contributed by atoms with Gasteiger partial charge in [-0.2, -0.15) is 0 Å². The van der Waals surface area contributed by atoms with E-state index < -0.39 is 18.2 Å². The van der Waals surface area contributed by atoms with Gasteiger partial charge in [-0.1, -0.05) is 55.5 Å². The minimum atomic E-state index is -0.648. The van der Waals surface area contributed by atoms with Gasteiger partial charge in [-0.05, 0) is 6.42 Å². The van der Waals surface area contributed by atoms with Gasteiger partial charge in [-0.15, -0.1) is 10.2 Å². The van der Waals surface area contributed by atoms with E-state index in [4.69, 9.17) is 0 Å². The van der Waals surface area contributed by atoms with Crippen molar-refractivity contribution in [2.24, 2.45) is 15.2 Å². The van der Waals surface area contributed by atoms with Gasteiger partial charge in [0.25, 0.3) is 5.91 Å². The average Bonchev–Trinajstić information content (AvgIpc) is 3.17. The van der Waals surface area contributed by atoms with E-state index in [-0.39, 0.29) is 11.7 Å². The molecular formula is C23H22N6O3. The van der Waals surface area contributed by atoms with Crippen LogP contribution in [0.2, 0.25) is 0 Å². The summed E-state index contributed by atoms with van der Waals surface area (Å²) in [6.45, 7) is 2.55. The summed E-state index contributed by atoms with van der Waals surface area (Å²) in [7, 11) is 1.61. The second-order valence-corrected chi connectivity index (χ2v) is 7.87. The number of aliphatic imine (C=N–C) groups is 1. The lowest BCUT2D eigenvalue weighted by Gasteiger charge is -2.35. The molecule has 0 spiro atoms. The topological polar surface area (TPSA) is 110 Å². The molecule has 0 saturated carbocycles. The largest absolute Gasteiger partial charge is 0.507 e. The highest BCUT2D eigenvalue weighted by atomic mass is 16.3. The van der Waals surface area contributed by atoms with Crippen LogP contribution >= 0.6 is 0 Å². The van der Waals surface area contributed by atoms with Gasteiger partial charge in [0.05, 0.1) is 0 Å². The predicted octanol–water partition coefficient (Wildman–Crippen LogP) is 3.74. The summed E-state index contributed by atoms with van der Waals surface area (Å²) in [6, 6.07) is 13.8. The highest BCUT2D eigenvalue weighted by Gasteiger charge is 2.48. The van der Waals surface area contributed by atoms with Crippen molar-refractivity contribution in [2.75, 3.05) is 13.6 Å². The van der Waals surface area contributed by atoms with Crippen molar-refractivity contribution >= 4 is 45.1 Å². The summed E-state index contributed by atoms with van der Waals surface area (Å²) in [5, 5.41) is 25.0. The molecule has 9 nitrogen and oxygen atoms in total. The Balaban J connectivity index is 1.64. The fourth-order valence-electron chi connectivity index (χ4n) is 4.36. The summed E-state index contributed by atoms with van der Waals surface area (Å²) in [6.07, 6.45) is 0.124. The number of likely N-dealkylation sites (N-methyl/N-ethyl adjacent to an activating group) is 1. The van der Waals surface area contributed by atoms with Gasteiger partial charge < -0.3 is 14.9 Å². The molecule has 2 N–H and O–H groups in total. The number of phenols is 1. The van der Waals surface area contributed by atoms with Crippen molar-refractivity contribution in [3.8, 4) is 5.75 Å². The van der Waals surface area contributed by atoms with E-state index in [1.54, 1.807) is 11.9 Å². The number of phenolic OH excluding ortho intramolecular Hbond substituents is 1. The van der Waals surface area contributed by atoms with Crippen molar-refractivity contribution in [1.82, 2.24) is 15.1 Å². The van der Waals surface area contributed by atoms with E-state index in [0.29, 0.717) is 29.0 Å². The monoisotopic (exact) mass is 430 g/mol. The second-order valence-electron chi connectivity index (χ2n) is 7.87. The van der Waals surface area contributed by atoms with E-state index in [1.807, 2.05) is 55.5 Å². The summed E-state index contributed by atoms with van der Waals surface area (Å²) < 4.78 is 0. The predicted molar refractivity (Wildman–Crippen MR) is 121 cm³/mol. The Kier molecular flexibility index (Phi) is 4.73. The number of fused-ring (bicyclic) bond motifs is 3. The third-order valence-electron chi connectivity index (χ3n) is 5.92. The number of azo groups is 1. The number of hydrogen-bond acceptors (Lipinski definition) is 7. The van der Waals surface area contributed by atoms with Crippen molar-refractivity contribution in [2.45, 2.75) is 25.6 Å². The Morgan fingerprint density at radius 2 is 1.59 bits per heavy atom. The molecule has 2 atom stereocenters. The van der Waals surface area contributed by atoms with Crippen LogP contribution in [-0.4, -0.2) is 58.6 Å². The Bertz CT molecular complexity index is 1260. The molecule has 162 valence electrons. The first kappa shape index (κ1) is 19.9. The van der Waals surface area contributed by atoms with E-state index in [9.17, 15) is 14.7 Å². The summed E-state index contributed by atoms with van der Waals surface area (Å²) in [4.78, 5) is 32.4. The zero-order chi connectivity index (χ0) is 22.4. The summed E-state index contributed by atoms with van der Waals surface area (Å²) in [5.41, 5.74) is 0.608. The fourth-order valence-corrected chi connectivity index (χ4v) is 4.36. The van der Waals surface area contributed by atoms with E-state index in [1.165, 1.54) is 4.90 Å². The van der Waals surface area contributed by atoms with E-state index in [2.05, 4.69) is 20.5 Å². The molecule has 3 amide bonds. The number of amides is 3. The van der Waals surface area contributed by atoms with E-state index >= 15 is 0 Å². The zero-order valence-corrected chi connectivity index (χ0v) is 17.7. The molecule has 32 heavy (non-hydrogen) atoms. The molecule has 0 radical (unpaired) electrons. The fraction of sp³-hybridized carbons (Fsp3) is 0.261. The van der Waals surface area contributed by atoms with Crippen LogP contribution < -0.4 is 5.32 Å². The molecule has 1 saturated heterocycles. The highest BCUT2D eigenvalue weighted by Crippen LogP contribution is 2.42. The first-order valence-electron chi connectivity index (χ1n) is 10.5. The molecule has 2 aliphatic heterocycles. The number of benzene rings is 3. The van der Waals surface area contributed by atoms with Crippen LogP contribution in [0.25, 0.3) is 21.5 Å². The number of nitrogens with one attached hydrogen (secondary N) is 1. The van der Waals surface area contributed by atoms with Crippen LogP contribution in [-0.2, 0) is 4.79 Å². The normalized spacial score (nSPS) is 20.9. The Labute approximate surface area is 184 Å². The maximum atomic E-state index is 12.6. The molecule has 2 unspecified atom stereocenters. The number of imide groups is 1. The van der Waals surface area contributed by atoms with Crippen LogP contribution in [0.5, 0.6) is 5.75 Å². The van der Waals surface area contributed by atoms with Gasteiger partial charge in [0.2, 0.25) is 5.96 Å². The number of urea groups is 1. The van der Waals surface area contributed by atoms with Crippen LogP contribution in [0, 0.1) is 0 Å². The minimum absolute atomic E-state index is 0.198. The SMILES string of the molecule is CCCN1C(N=Nc2c3ccccc3c(O)c3ccccc23)=NC2C1C(=O)NC(=O)N2C. The molecule has 3 aromatic rings. The van der Waals surface area contributed by atoms with Gasteiger partial charge in [-0.25, -0.2) is 9.79 Å². The maximum absolute atomic E-state index is 12.6. The Morgan fingerprint density at radius 1 is 1.00 bits per heavy atom. The van der Waals surface area contributed by atoms with Gasteiger partial charge in [0, 0.05) is 35.1 Å². The standard InChI is InChI=1S/C23H22N6O3/c1-3-12-29-18-20(28(2)23(32)25-21(18)31)24-22(29)27-26-17-13-8-4-6-10-15(13)19(30)16-11-7-5-9-14(16)17/h4-11,18,20,30H,3,12H2,1-2H3,(H,25,31,32). The second kappa shape index (κ2) is 7.60. The number of rotatable bonds is 3. The van der Waals surface area contributed by atoms with Crippen LogP contribution in [0.15, 0.2) is 63.8 Å². The summed E-state index contributed by atoms with van der Waals surface area (Å²) in [5.74, 6) is 0.115. The van der Waals surface area contributed by atoms with Crippen LogP contribution in [0.4, 0.5) is 10.5 Å². The zero-order valence-electron chi connectivity index (χ0n) is 17.7. The van der Waals surface area contributed by atoms with Gasteiger partial charge in [0.15, 0.2) is 12.2 Å². The Morgan fingerprint density at radius 3 is 2.19 bits per heavy atom. The number of aromatic hydroxyl groups is 1. The van der Waals surface area contributed by atoms with Crippen molar-refractivity contribution in [3.05, 3.63) is 48.5 Å². The first-order valence-corrected chi connectivity index (χ1v) is 10.5. The molecule has 0 bridgehead atoms. The van der Waals surface area contributed by atoms with Gasteiger partial charge in [-0.3, -0.25) is 10.1 Å². The van der Waals surface area contributed by atoms with Crippen LogP contribution in [0.3, 0.4) is 0 Å². The highest BCUT2D eigenvalue weighted by molar-refractivity contribution is 6.14. The van der Waals surface area contributed by atoms with Gasteiger partial charge in [0.1, 0.15) is 11.4 Å². The molecule has 0 aliphatic carbocycles. The lowest BCUT2D eigenvalue weighted by atomic mass is 10.00. The average molecular weight is 430 g/mol. The maximum Gasteiger partial charge on any atom is 0.325 e. The van der Waals surface area contributed by atoms with Crippen molar-refractivity contribution in [1.29, 1.82) is 0 Å². The molecule has 3 aromatic carbocycles.